The second-order valence-electron chi connectivity index (χ2n) is 4.32. The lowest BCUT2D eigenvalue weighted by atomic mass is 10.1. The number of hydrogen-bond donors (Lipinski definition) is 2. The van der Waals surface area contributed by atoms with Crippen LogP contribution in [0, 0.1) is 0 Å². The first-order valence-electron chi connectivity index (χ1n) is 5.98. The van der Waals surface area contributed by atoms with Crippen LogP contribution in [0.1, 0.15) is 18.5 Å². The van der Waals surface area contributed by atoms with Gasteiger partial charge < -0.3 is 10.4 Å². The highest BCUT2D eigenvalue weighted by atomic mass is 32.1. The van der Waals surface area contributed by atoms with Gasteiger partial charge in [0.1, 0.15) is 22.7 Å². The van der Waals surface area contributed by atoms with Crippen molar-refractivity contribution >= 4 is 27.4 Å². The SMILES string of the molecule is CC(Nc1ncnc2sccc12)c1ccc(O)cc1. The molecule has 0 radical (unpaired) electrons. The molecule has 2 N–H and O–H groups in total. The standard InChI is InChI=1S/C14H13N3OS/c1-9(10-2-4-11(18)5-3-10)17-13-12-6-7-19-14(12)16-8-15-13/h2-9,18H,1H3,(H,15,16,17). The zero-order valence-corrected chi connectivity index (χ0v) is 11.2. The monoisotopic (exact) mass is 271 g/mol. The highest BCUT2D eigenvalue weighted by Gasteiger charge is 2.09. The fourth-order valence-electron chi connectivity index (χ4n) is 1.96. The number of anilines is 1. The lowest BCUT2D eigenvalue weighted by Gasteiger charge is -2.15. The molecule has 0 aliphatic heterocycles. The molecule has 3 aromatic rings. The van der Waals surface area contributed by atoms with Crippen LogP contribution in [0.2, 0.25) is 0 Å². The predicted molar refractivity (Wildman–Crippen MR) is 77.6 cm³/mol. The summed E-state index contributed by atoms with van der Waals surface area (Å²) < 4.78 is 0. The topological polar surface area (TPSA) is 58.0 Å². The Balaban J connectivity index is 1.88. The lowest BCUT2D eigenvalue weighted by Crippen LogP contribution is -2.08. The summed E-state index contributed by atoms with van der Waals surface area (Å²) in [7, 11) is 0. The fraction of sp³-hybridized carbons (Fsp3) is 0.143. The predicted octanol–water partition coefficient (Wildman–Crippen LogP) is 3.57. The van der Waals surface area contributed by atoms with E-state index in [1.807, 2.05) is 23.6 Å². The first-order valence-corrected chi connectivity index (χ1v) is 6.85. The number of thiophene rings is 1. The number of hydrogen-bond acceptors (Lipinski definition) is 5. The lowest BCUT2D eigenvalue weighted by molar-refractivity contribution is 0.475. The van der Waals surface area contributed by atoms with E-state index in [2.05, 4.69) is 22.2 Å². The highest BCUT2D eigenvalue weighted by Crippen LogP contribution is 2.27. The number of aromatic nitrogens is 2. The molecule has 2 aromatic heterocycles. The molecular formula is C14H13N3OS. The minimum Gasteiger partial charge on any atom is -0.508 e. The molecule has 1 atom stereocenters. The Bertz CT molecular complexity index is 693. The molecule has 0 spiro atoms. The zero-order valence-electron chi connectivity index (χ0n) is 10.4. The van der Waals surface area contributed by atoms with E-state index < -0.39 is 0 Å². The largest absolute Gasteiger partial charge is 0.508 e. The number of rotatable bonds is 3. The van der Waals surface area contributed by atoms with E-state index in [1.165, 1.54) is 0 Å². The molecule has 2 heterocycles. The third-order valence-electron chi connectivity index (χ3n) is 3.01. The van der Waals surface area contributed by atoms with Gasteiger partial charge in [0.15, 0.2) is 0 Å². The van der Waals surface area contributed by atoms with Gasteiger partial charge in [0.25, 0.3) is 0 Å². The van der Waals surface area contributed by atoms with E-state index in [-0.39, 0.29) is 11.8 Å². The van der Waals surface area contributed by atoms with Crippen LogP contribution < -0.4 is 5.32 Å². The van der Waals surface area contributed by atoms with Gasteiger partial charge >= 0.3 is 0 Å². The van der Waals surface area contributed by atoms with Crippen molar-refractivity contribution in [2.45, 2.75) is 13.0 Å². The summed E-state index contributed by atoms with van der Waals surface area (Å²) in [6, 6.07) is 9.31. The number of phenolic OH excluding ortho intramolecular Hbond substituents is 1. The van der Waals surface area contributed by atoms with Crippen LogP contribution in [0.3, 0.4) is 0 Å². The molecule has 5 heteroatoms. The molecule has 96 valence electrons. The molecule has 0 amide bonds. The average Bonchev–Trinajstić information content (AvgIpc) is 2.89. The Morgan fingerprint density at radius 1 is 1.16 bits per heavy atom. The van der Waals surface area contributed by atoms with Crippen molar-refractivity contribution in [2.75, 3.05) is 5.32 Å². The van der Waals surface area contributed by atoms with Crippen LogP contribution in [-0.4, -0.2) is 15.1 Å². The van der Waals surface area contributed by atoms with Gasteiger partial charge in [-0.1, -0.05) is 12.1 Å². The maximum Gasteiger partial charge on any atom is 0.138 e. The van der Waals surface area contributed by atoms with E-state index in [1.54, 1.807) is 29.8 Å². The number of nitrogens with zero attached hydrogens (tertiary/aromatic N) is 2. The molecule has 3 rings (SSSR count). The fourth-order valence-corrected chi connectivity index (χ4v) is 2.69. The van der Waals surface area contributed by atoms with Gasteiger partial charge in [0.05, 0.1) is 5.39 Å². The molecule has 1 unspecified atom stereocenters. The van der Waals surface area contributed by atoms with Crippen molar-refractivity contribution in [2.24, 2.45) is 0 Å². The summed E-state index contributed by atoms with van der Waals surface area (Å²) in [6.07, 6.45) is 1.57. The normalized spacial score (nSPS) is 12.5. The Hall–Kier alpha value is -2.14. The quantitative estimate of drug-likeness (QED) is 0.764. The molecule has 0 saturated carbocycles. The summed E-state index contributed by atoms with van der Waals surface area (Å²) in [5, 5.41) is 15.7. The summed E-state index contributed by atoms with van der Waals surface area (Å²) in [6.45, 7) is 2.06. The summed E-state index contributed by atoms with van der Waals surface area (Å²) >= 11 is 1.60. The minimum absolute atomic E-state index is 0.110. The van der Waals surface area contributed by atoms with E-state index in [0.29, 0.717) is 0 Å². The Morgan fingerprint density at radius 2 is 1.95 bits per heavy atom. The first-order chi connectivity index (χ1) is 9.24. The third-order valence-corrected chi connectivity index (χ3v) is 3.83. The average molecular weight is 271 g/mol. The smallest absolute Gasteiger partial charge is 0.138 e. The van der Waals surface area contributed by atoms with Crippen LogP contribution in [0.25, 0.3) is 10.2 Å². The Labute approximate surface area is 114 Å². The number of fused-ring (bicyclic) bond motifs is 1. The van der Waals surface area contributed by atoms with Crippen molar-refractivity contribution in [3.63, 3.8) is 0 Å². The molecule has 0 aliphatic carbocycles. The van der Waals surface area contributed by atoms with Crippen molar-refractivity contribution in [3.05, 3.63) is 47.6 Å². The van der Waals surface area contributed by atoms with E-state index >= 15 is 0 Å². The van der Waals surface area contributed by atoms with Gasteiger partial charge in [-0.05, 0) is 36.1 Å². The number of phenols is 1. The maximum atomic E-state index is 9.30. The number of aromatic hydroxyl groups is 1. The summed E-state index contributed by atoms with van der Waals surface area (Å²) in [4.78, 5) is 9.51. The van der Waals surface area contributed by atoms with Crippen molar-refractivity contribution < 1.29 is 5.11 Å². The van der Waals surface area contributed by atoms with E-state index in [4.69, 9.17) is 0 Å². The third kappa shape index (κ3) is 2.37. The first kappa shape index (κ1) is 11.9. The van der Waals surface area contributed by atoms with E-state index in [0.717, 1.165) is 21.6 Å². The zero-order chi connectivity index (χ0) is 13.2. The van der Waals surface area contributed by atoms with Crippen LogP contribution in [0.15, 0.2) is 42.0 Å². The molecular weight excluding hydrogens is 258 g/mol. The summed E-state index contributed by atoms with van der Waals surface area (Å²) in [5.74, 6) is 1.12. The molecule has 19 heavy (non-hydrogen) atoms. The second kappa shape index (κ2) is 4.85. The minimum atomic E-state index is 0.110. The van der Waals surface area contributed by atoms with Crippen molar-refractivity contribution in [1.82, 2.24) is 9.97 Å². The molecule has 1 aromatic carbocycles. The molecule has 0 aliphatic rings. The van der Waals surface area contributed by atoms with Gasteiger partial charge in [-0.2, -0.15) is 0 Å². The van der Waals surface area contributed by atoms with Crippen LogP contribution in [0.4, 0.5) is 5.82 Å². The van der Waals surface area contributed by atoms with Gasteiger partial charge in [-0.15, -0.1) is 11.3 Å². The molecule has 0 bridgehead atoms. The van der Waals surface area contributed by atoms with Crippen molar-refractivity contribution in [1.29, 1.82) is 0 Å². The van der Waals surface area contributed by atoms with Crippen molar-refractivity contribution in [3.8, 4) is 5.75 Å². The second-order valence-corrected chi connectivity index (χ2v) is 5.21. The van der Waals surface area contributed by atoms with Gasteiger partial charge in [-0.3, -0.25) is 0 Å². The summed E-state index contributed by atoms with van der Waals surface area (Å²) in [5.41, 5.74) is 1.10. The number of nitrogens with one attached hydrogen (secondary N) is 1. The van der Waals surface area contributed by atoms with Gasteiger partial charge in [0, 0.05) is 6.04 Å². The molecule has 0 fully saturated rings. The van der Waals surface area contributed by atoms with Crippen LogP contribution in [0.5, 0.6) is 5.75 Å². The van der Waals surface area contributed by atoms with Gasteiger partial charge in [-0.25, -0.2) is 9.97 Å². The highest BCUT2D eigenvalue weighted by molar-refractivity contribution is 7.16. The van der Waals surface area contributed by atoms with Gasteiger partial charge in [0.2, 0.25) is 0 Å². The maximum absolute atomic E-state index is 9.30. The van der Waals surface area contributed by atoms with Crippen LogP contribution >= 0.6 is 11.3 Å². The van der Waals surface area contributed by atoms with Crippen LogP contribution in [-0.2, 0) is 0 Å². The molecule has 0 saturated heterocycles. The Kier molecular flexibility index (Phi) is 3.05. The van der Waals surface area contributed by atoms with E-state index in [9.17, 15) is 5.11 Å². The Morgan fingerprint density at radius 3 is 2.74 bits per heavy atom. The number of benzene rings is 1. The molecule has 4 nitrogen and oxygen atoms in total.